The number of carbonyl (C=O) groups excluding carboxylic acids is 1. The van der Waals surface area contributed by atoms with Gasteiger partial charge in [0.25, 0.3) is 11.1 Å². The van der Waals surface area contributed by atoms with E-state index in [4.69, 9.17) is 9.47 Å². The molecule has 0 spiro atoms. The first-order valence-corrected chi connectivity index (χ1v) is 11.8. The third kappa shape index (κ3) is 5.34. The summed E-state index contributed by atoms with van der Waals surface area (Å²) in [6.07, 6.45) is 4.44. The van der Waals surface area contributed by atoms with Crippen LogP contribution in [-0.4, -0.2) is 46.0 Å². The van der Waals surface area contributed by atoms with Crippen molar-refractivity contribution in [3.8, 4) is 22.1 Å². The van der Waals surface area contributed by atoms with Crippen LogP contribution in [0.2, 0.25) is 0 Å². The summed E-state index contributed by atoms with van der Waals surface area (Å²) >= 11 is 1.11. The maximum absolute atomic E-state index is 14.7. The number of rotatable bonds is 7. The number of aromatic nitrogens is 3. The molecule has 0 unspecified atom stereocenters. The predicted molar refractivity (Wildman–Crippen MR) is 127 cm³/mol. The van der Waals surface area contributed by atoms with E-state index in [1.54, 1.807) is 25.1 Å². The Morgan fingerprint density at radius 3 is 2.82 bits per heavy atom. The van der Waals surface area contributed by atoms with Gasteiger partial charge in [0.15, 0.2) is 0 Å². The number of nitrogens with zero attached hydrogens (tertiary/aromatic N) is 3. The van der Waals surface area contributed by atoms with Gasteiger partial charge in [0.2, 0.25) is 5.13 Å². The van der Waals surface area contributed by atoms with E-state index < -0.39 is 11.7 Å². The van der Waals surface area contributed by atoms with Crippen molar-refractivity contribution >= 4 is 22.4 Å². The first kappa shape index (κ1) is 24.0. The highest BCUT2D eigenvalue weighted by Crippen LogP contribution is 2.38. The molecular weight excluding hydrogens is 459 g/mol. The highest BCUT2D eigenvalue weighted by atomic mass is 32.1. The Kier molecular flexibility index (Phi) is 7.08. The lowest BCUT2D eigenvalue weighted by Crippen LogP contribution is -2.32. The van der Waals surface area contributed by atoms with Crippen molar-refractivity contribution in [3.63, 3.8) is 0 Å². The number of hydrogen-bond acceptors (Lipinski definition) is 8. The number of aryl methyl sites for hydroxylation is 1. The number of aliphatic hydroxyl groups excluding tert-OH is 1. The second-order valence-electron chi connectivity index (χ2n) is 8.85. The smallest absolute Gasteiger partial charge is 0.295 e. The van der Waals surface area contributed by atoms with Crippen molar-refractivity contribution in [2.24, 2.45) is 5.41 Å². The van der Waals surface area contributed by atoms with Crippen molar-refractivity contribution in [1.82, 2.24) is 15.2 Å². The van der Waals surface area contributed by atoms with Crippen LogP contribution >= 0.6 is 11.3 Å². The maximum Gasteiger partial charge on any atom is 0.295 e. The number of ether oxygens (including phenoxy) is 2. The monoisotopic (exact) mass is 486 g/mol. The zero-order valence-corrected chi connectivity index (χ0v) is 20.1. The summed E-state index contributed by atoms with van der Waals surface area (Å²) in [5.41, 5.74) is 1.34. The number of carbonyl (C=O) groups is 1. The van der Waals surface area contributed by atoms with Crippen LogP contribution in [0.5, 0.6) is 10.9 Å². The Labute approximate surface area is 201 Å². The average Bonchev–Trinajstić information content (AvgIpc) is 3.27. The van der Waals surface area contributed by atoms with Gasteiger partial charge in [-0.05, 0) is 62.1 Å². The van der Waals surface area contributed by atoms with Crippen LogP contribution in [0.1, 0.15) is 48.7 Å². The molecule has 10 heteroatoms. The molecule has 2 heterocycles. The van der Waals surface area contributed by atoms with E-state index in [9.17, 15) is 14.3 Å². The molecule has 34 heavy (non-hydrogen) atoms. The molecule has 180 valence electrons. The number of anilines is 1. The van der Waals surface area contributed by atoms with Gasteiger partial charge in [-0.1, -0.05) is 18.1 Å². The van der Waals surface area contributed by atoms with Crippen LogP contribution < -0.4 is 14.8 Å². The van der Waals surface area contributed by atoms with E-state index in [-0.39, 0.29) is 27.8 Å². The van der Waals surface area contributed by atoms with Gasteiger partial charge in [0.05, 0.1) is 30.9 Å². The highest BCUT2D eigenvalue weighted by molar-refractivity contribution is 7.17. The number of aliphatic hydroxyl groups is 1. The number of nitrogens with one attached hydrogen (secondary N) is 1. The summed E-state index contributed by atoms with van der Waals surface area (Å²) in [7, 11) is 1.45. The summed E-state index contributed by atoms with van der Waals surface area (Å²) in [6, 6.07) is 6.14. The Bertz CT molecular complexity index is 1180. The number of halogens is 1. The number of amides is 1. The van der Waals surface area contributed by atoms with E-state index in [2.05, 4.69) is 27.4 Å². The minimum absolute atomic E-state index is 0.0321. The Hall–Kier alpha value is -3.11. The molecule has 1 aromatic carbocycles. The Morgan fingerprint density at radius 1 is 1.32 bits per heavy atom. The molecule has 2 N–H and O–H groups in total. The van der Waals surface area contributed by atoms with Gasteiger partial charge in [0.1, 0.15) is 11.6 Å². The fourth-order valence-electron chi connectivity index (χ4n) is 4.05. The molecule has 0 radical (unpaired) electrons. The molecule has 1 fully saturated rings. The van der Waals surface area contributed by atoms with Gasteiger partial charge >= 0.3 is 0 Å². The summed E-state index contributed by atoms with van der Waals surface area (Å²) in [4.78, 5) is 17.3. The predicted octanol–water partition coefficient (Wildman–Crippen LogP) is 4.63. The van der Waals surface area contributed by atoms with Crippen molar-refractivity contribution in [2.75, 3.05) is 19.0 Å². The average molecular weight is 487 g/mol. The largest absolute Gasteiger partial charge is 0.496 e. The van der Waals surface area contributed by atoms with Crippen molar-refractivity contribution < 1.29 is 23.8 Å². The van der Waals surface area contributed by atoms with Crippen LogP contribution in [0.25, 0.3) is 11.1 Å². The van der Waals surface area contributed by atoms with E-state index in [0.717, 1.165) is 37.0 Å². The lowest BCUT2D eigenvalue weighted by molar-refractivity contribution is 0.0425. The van der Waals surface area contributed by atoms with E-state index >= 15 is 0 Å². The zero-order chi connectivity index (χ0) is 24.3. The van der Waals surface area contributed by atoms with Crippen LogP contribution in [0.3, 0.4) is 0 Å². The molecule has 4 rings (SSSR count). The molecule has 1 amide bonds. The fraction of sp³-hybridized carbons (Fsp3) is 0.417. The molecule has 1 saturated carbocycles. The van der Waals surface area contributed by atoms with Gasteiger partial charge < -0.3 is 14.6 Å². The van der Waals surface area contributed by atoms with Crippen LogP contribution in [0, 0.1) is 18.2 Å². The Balaban J connectivity index is 1.50. The molecule has 1 aliphatic carbocycles. The molecule has 0 atom stereocenters. The zero-order valence-electron chi connectivity index (χ0n) is 19.3. The van der Waals surface area contributed by atoms with E-state index in [0.29, 0.717) is 28.8 Å². The van der Waals surface area contributed by atoms with Gasteiger partial charge in [-0.15, -0.1) is 5.10 Å². The molecule has 8 nitrogen and oxygen atoms in total. The summed E-state index contributed by atoms with van der Waals surface area (Å²) < 4.78 is 25.9. The number of pyridine rings is 1. The van der Waals surface area contributed by atoms with Crippen LogP contribution in [-0.2, 0) is 0 Å². The number of benzene rings is 1. The third-order valence-corrected chi connectivity index (χ3v) is 6.83. The van der Waals surface area contributed by atoms with Crippen LogP contribution in [0.4, 0.5) is 9.52 Å². The van der Waals surface area contributed by atoms with Crippen molar-refractivity contribution in [1.29, 1.82) is 0 Å². The lowest BCUT2D eigenvalue weighted by Gasteiger charge is -2.34. The second-order valence-corrected chi connectivity index (χ2v) is 9.79. The minimum atomic E-state index is -0.505. The van der Waals surface area contributed by atoms with Gasteiger partial charge in [-0.3, -0.25) is 15.1 Å². The summed E-state index contributed by atoms with van der Waals surface area (Å²) in [5, 5.41) is 21.1. The molecule has 0 aliphatic heterocycles. The van der Waals surface area contributed by atoms with E-state index in [1.807, 2.05) is 0 Å². The van der Waals surface area contributed by atoms with Gasteiger partial charge in [-0.2, -0.15) is 0 Å². The summed E-state index contributed by atoms with van der Waals surface area (Å²) in [6.45, 7) is 4.35. The maximum atomic E-state index is 14.7. The molecule has 0 bridgehead atoms. The lowest BCUT2D eigenvalue weighted by atomic mass is 9.75. The van der Waals surface area contributed by atoms with Crippen LogP contribution in [0.15, 0.2) is 30.5 Å². The van der Waals surface area contributed by atoms with Gasteiger partial charge in [0, 0.05) is 22.9 Å². The van der Waals surface area contributed by atoms with Crippen molar-refractivity contribution in [3.05, 3.63) is 47.5 Å². The molecule has 2 aromatic heterocycles. The first-order chi connectivity index (χ1) is 16.3. The minimum Gasteiger partial charge on any atom is -0.496 e. The molecule has 3 aromatic rings. The molecular formula is C24H27FN4O4S. The summed E-state index contributed by atoms with van der Waals surface area (Å²) in [5.74, 6) is -0.687. The number of methoxy groups -OCH3 is 1. The quantitative estimate of drug-likeness (QED) is 0.501. The standard InChI is InChI=1S/C24H27FN4O4S/c1-14-11-16(20-18(25)5-4-6-19(20)32-3)17(12-26-14)21(31)27-22-28-29-23(34-22)33-13-24(2)9-7-15(30)8-10-24/h4-6,11-12,15,30H,7-10,13H2,1-3H3,(H,27,28,31). The topological polar surface area (TPSA) is 106 Å². The second kappa shape index (κ2) is 10.0. The molecule has 1 aliphatic rings. The fourth-order valence-corrected chi connectivity index (χ4v) is 4.64. The van der Waals surface area contributed by atoms with Crippen molar-refractivity contribution in [2.45, 2.75) is 45.6 Å². The number of hydrogen-bond donors (Lipinski definition) is 2. The first-order valence-electron chi connectivity index (χ1n) is 11.0. The third-order valence-electron chi connectivity index (χ3n) is 6.08. The van der Waals surface area contributed by atoms with Gasteiger partial charge in [-0.25, -0.2) is 4.39 Å². The normalized spacial score (nSPS) is 20.1. The van der Waals surface area contributed by atoms with E-state index in [1.165, 1.54) is 19.4 Å². The Morgan fingerprint density at radius 2 is 2.09 bits per heavy atom. The molecule has 0 saturated heterocycles. The highest BCUT2D eigenvalue weighted by Gasteiger charge is 2.31. The SMILES string of the molecule is COc1cccc(F)c1-c1cc(C)ncc1C(=O)Nc1nnc(OCC2(C)CCC(O)CC2)s1.